The molecule has 0 bridgehead atoms. The summed E-state index contributed by atoms with van der Waals surface area (Å²) in [5.41, 5.74) is 2.61. The van der Waals surface area contributed by atoms with Gasteiger partial charge in [-0.1, -0.05) is 0 Å². The van der Waals surface area contributed by atoms with Crippen molar-refractivity contribution in [1.82, 2.24) is 29.3 Å². The number of hydrogen-bond acceptors (Lipinski definition) is 7. The Bertz CT molecular complexity index is 1400. The molecule has 2 aliphatic rings. The highest BCUT2D eigenvalue weighted by Gasteiger charge is 2.29. The van der Waals surface area contributed by atoms with Gasteiger partial charge in [0.05, 0.1) is 16.9 Å². The van der Waals surface area contributed by atoms with Crippen molar-refractivity contribution < 1.29 is 9.18 Å². The Morgan fingerprint density at radius 3 is 2.94 bits per heavy atom. The molecule has 1 aromatic carbocycles. The van der Waals surface area contributed by atoms with Gasteiger partial charge in [0, 0.05) is 30.1 Å². The first-order chi connectivity index (χ1) is 16.5. The van der Waals surface area contributed by atoms with Gasteiger partial charge in [-0.15, -0.1) is 21.5 Å². The molecule has 6 rings (SSSR count). The summed E-state index contributed by atoms with van der Waals surface area (Å²) in [5, 5.41) is 16.5. The molecule has 4 aromatic rings. The smallest absolute Gasteiger partial charge is 0.259 e. The van der Waals surface area contributed by atoms with Crippen LogP contribution < -0.4 is 10.6 Å². The highest BCUT2D eigenvalue weighted by Crippen LogP contribution is 2.41. The van der Waals surface area contributed by atoms with Gasteiger partial charge < -0.3 is 15.2 Å². The van der Waals surface area contributed by atoms with Crippen molar-refractivity contribution in [2.24, 2.45) is 0 Å². The second-order valence-electron chi connectivity index (χ2n) is 8.92. The largest absolute Gasteiger partial charge is 0.355 e. The third-order valence-electron chi connectivity index (χ3n) is 6.14. The first-order valence-corrected chi connectivity index (χ1v) is 12.2. The van der Waals surface area contributed by atoms with E-state index in [1.54, 1.807) is 17.8 Å². The number of hydrogen-bond donors (Lipinski definition) is 2. The van der Waals surface area contributed by atoms with E-state index in [0.29, 0.717) is 35.5 Å². The molecule has 0 spiro atoms. The van der Waals surface area contributed by atoms with Gasteiger partial charge in [0.25, 0.3) is 5.91 Å². The zero-order valence-electron chi connectivity index (χ0n) is 18.7. The lowest BCUT2D eigenvalue weighted by Gasteiger charge is -2.12. The predicted octanol–water partition coefficient (Wildman–Crippen LogP) is 4.41. The van der Waals surface area contributed by atoms with E-state index in [4.69, 9.17) is 4.98 Å². The van der Waals surface area contributed by atoms with Crippen LogP contribution in [0.4, 0.5) is 16.2 Å². The molecule has 3 aromatic heterocycles. The topological polar surface area (TPSA) is 103 Å². The van der Waals surface area contributed by atoms with Gasteiger partial charge in [-0.25, -0.2) is 14.4 Å². The minimum atomic E-state index is -0.558. The molecule has 1 aliphatic carbocycles. The molecule has 4 heterocycles. The molecule has 174 valence electrons. The Morgan fingerprint density at radius 2 is 2.15 bits per heavy atom. The first kappa shape index (κ1) is 21.0. The van der Waals surface area contributed by atoms with Crippen molar-refractivity contribution in [3.8, 4) is 16.5 Å². The number of carbonyl (C=O) groups is 1. The summed E-state index contributed by atoms with van der Waals surface area (Å²) in [5.74, 6) is 1.09. The molecule has 0 atom stereocenters. The molecule has 1 saturated carbocycles. The summed E-state index contributed by atoms with van der Waals surface area (Å²) >= 11 is 1.34. The number of amides is 1. The van der Waals surface area contributed by atoms with Crippen LogP contribution in [0.2, 0.25) is 0 Å². The summed E-state index contributed by atoms with van der Waals surface area (Å²) < 4.78 is 18.8. The van der Waals surface area contributed by atoms with Crippen LogP contribution in [-0.4, -0.2) is 41.8 Å². The van der Waals surface area contributed by atoms with E-state index in [9.17, 15) is 4.79 Å². The van der Waals surface area contributed by atoms with E-state index in [1.807, 2.05) is 29.2 Å². The lowest BCUT2D eigenvalue weighted by molar-refractivity contribution is 0.102. The Kier molecular flexibility index (Phi) is 4.94. The maximum atomic E-state index is 15.0. The van der Waals surface area contributed by atoms with Crippen molar-refractivity contribution in [1.29, 1.82) is 0 Å². The molecule has 9 nitrogen and oxygen atoms in total. The molecule has 0 saturated heterocycles. The molecule has 2 N–H and O–H groups in total. The molecule has 1 fully saturated rings. The molecule has 34 heavy (non-hydrogen) atoms. The summed E-state index contributed by atoms with van der Waals surface area (Å²) in [6.07, 6.45) is 6.58. The summed E-state index contributed by atoms with van der Waals surface area (Å²) in [6.45, 7) is 4.71. The third kappa shape index (κ3) is 3.65. The first-order valence-electron chi connectivity index (χ1n) is 11.3. The average Bonchev–Trinajstić information content (AvgIpc) is 3.20. The minimum absolute atomic E-state index is 0.0341. The Hall–Kier alpha value is -3.60. The summed E-state index contributed by atoms with van der Waals surface area (Å²) in [7, 11) is 0. The normalized spacial score (nSPS) is 14.9. The highest BCUT2D eigenvalue weighted by atomic mass is 32.1. The third-order valence-corrected chi connectivity index (χ3v) is 6.97. The molecule has 11 heteroatoms. The lowest BCUT2D eigenvalue weighted by Crippen LogP contribution is -2.15. The van der Waals surface area contributed by atoms with Crippen molar-refractivity contribution in [2.45, 2.75) is 45.1 Å². The van der Waals surface area contributed by atoms with Crippen LogP contribution in [0.15, 0.2) is 30.0 Å². The Morgan fingerprint density at radius 1 is 1.29 bits per heavy atom. The summed E-state index contributed by atoms with van der Waals surface area (Å²) in [4.78, 5) is 22.2. The van der Waals surface area contributed by atoms with E-state index in [-0.39, 0.29) is 11.6 Å². The average molecular weight is 479 g/mol. The highest BCUT2D eigenvalue weighted by molar-refractivity contribution is 7.13. The van der Waals surface area contributed by atoms with Crippen molar-refractivity contribution in [2.75, 3.05) is 17.2 Å². The number of rotatable bonds is 5. The van der Waals surface area contributed by atoms with E-state index >= 15 is 4.39 Å². The van der Waals surface area contributed by atoms with Gasteiger partial charge in [0.15, 0.2) is 10.8 Å². The van der Waals surface area contributed by atoms with Gasteiger partial charge >= 0.3 is 0 Å². The van der Waals surface area contributed by atoms with Crippen LogP contribution in [0.5, 0.6) is 0 Å². The van der Waals surface area contributed by atoms with E-state index in [1.165, 1.54) is 17.4 Å². The predicted molar refractivity (Wildman–Crippen MR) is 127 cm³/mol. The van der Waals surface area contributed by atoms with Crippen molar-refractivity contribution >= 4 is 29.0 Å². The van der Waals surface area contributed by atoms with Gasteiger partial charge in [-0.3, -0.25) is 9.36 Å². The maximum Gasteiger partial charge on any atom is 0.259 e. The van der Waals surface area contributed by atoms with Crippen LogP contribution in [0.3, 0.4) is 0 Å². The van der Waals surface area contributed by atoms with Gasteiger partial charge in [-0.2, -0.15) is 0 Å². The number of benzene rings is 1. The molecule has 1 amide bonds. The van der Waals surface area contributed by atoms with Crippen molar-refractivity contribution in [3.63, 3.8) is 0 Å². The second kappa shape index (κ2) is 8.01. The maximum absolute atomic E-state index is 15.0. The van der Waals surface area contributed by atoms with Crippen LogP contribution >= 0.6 is 11.3 Å². The molecule has 0 unspecified atom stereocenters. The van der Waals surface area contributed by atoms with E-state index in [0.717, 1.165) is 35.7 Å². The number of halogens is 1. The number of fused-ring (bicyclic) bond motifs is 3. The second-order valence-corrected chi connectivity index (χ2v) is 9.78. The molecular formula is C23H23FN8OS. The zero-order chi connectivity index (χ0) is 23.4. The van der Waals surface area contributed by atoms with Gasteiger partial charge in [0.2, 0.25) is 5.95 Å². The lowest BCUT2D eigenvalue weighted by atomic mass is 10.0. The van der Waals surface area contributed by atoms with Crippen LogP contribution in [0.1, 0.15) is 60.3 Å². The number of anilines is 2. The SMILES string of the molecule is CC(C)n1cnnc1-c1nc(NC(=O)c2cc3c(cc2F)CCNc2nc(C4CC4)cn2-3)cs1. The van der Waals surface area contributed by atoms with Crippen LogP contribution in [0, 0.1) is 5.82 Å². The van der Waals surface area contributed by atoms with E-state index < -0.39 is 11.7 Å². The van der Waals surface area contributed by atoms with Gasteiger partial charge in [-0.05, 0) is 50.8 Å². The van der Waals surface area contributed by atoms with Crippen LogP contribution in [-0.2, 0) is 6.42 Å². The number of nitrogens with zero attached hydrogens (tertiary/aromatic N) is 6. The quantitative estimate of drug-likeness (QED) is 0.441. The Balaban J connectivity index is 1.30. The van der Waals surface area contributed by atoms with E-state index in [2.05, 4.69) is 25.8 Å². The standard InChI is InChI=1S/C23H23FN8OS/c1-12(2)32-11-26-30-20(32)22-29-19(10-34-22)28-21(33)15-8-18-14(7-16(15)24)5-6-25-23-27-17(9-31(18)23)13-3-4-13/h7-13H,3-6H2,1-2H3,(H,25,27)(H,28,33). The number of nitrogens with one attached hydrogen (secondary N) is 2. The molecule has 0 radical (unpaired) electrons. The summed E-state index contributed by atoms with van der Waals surface area (Å²) in [6, 6.07) is 3.23. The fourth-order valence-electron chi connectivity index (χ4n) is 4.18. The zero-order valence-corrected chi connectivity index (χ0v) is 19.6. The van der Waals surface area contributed by atoms with Crippen molar-refractivity contribution in [3.05, 3.63) is 52.7 Å². The number of carbonyl (C=O) groups excluding carboxylic acids is 1. The number of aromatic nitrogens is 6. The fraction of sp³-hybridized carbons (Fsp3) is 0.348. The molecular weight excluding hydrogens is 455 g/mol. The van der Waals surface area contributed by atoms with Crippen LogP contribution in [0.25, 0.3) is 16.5 Å². The minimum Gasteiger partial charge on any atom is -0.355 e. The number of thiazole rings is 1. The fourth-order valence-corrected chi connectivity index (χ4v) is 4.92. The molecule has 1 aliphatic heterocycles. The van der Waals surface area contributed by atoms with Gasteiger partial charge in [0.1, 0.15) is 18.0 Å². The monoisotopic (exact) mass is 478 g/mol. The Labute approximate surface area is 199 Å². The number of imidazole rings is 1.